The average Bonchev–Trinajstić information content (AvgIpc) is 2.88. The second-order valence-electron chi connectivity index (χ2n) is 5.54. The minimum absolute atomic E-state index is 0.323. The number of nitrogens with one attached hydrogen (secondary N) is 2. The molecule has 4 nitrogen and oxygen atoms in total. The van der Waals surface area contributed by atoms with Gasteiger partial charge in [-0.05, 0) is 55.0 Å². The van der Waals surface area contributed by atoms with Crippen molar-refractivity contribution in [2.24, 2.45) is 0 Å². The van der Waals surface area contributed by atoms with E-state index in [9.17, 15) is 4.39 Å². The molecule has 0 bridgehead atoms. The van der Waals surface area contributed by atoms with Gasteiger partial charge in [-0.25, -0.2) is 4.39 Å². The largest absolute Gasteiger partial charge is 0.332 e. The zero-order valence-corrected chi connectivity index (χ0v) is 15.0. The highest BCUT2D eigenvalue weighted by Gasteiger charge is 2.07. The fourth-order valence-corrected chi connectivity index (χ4v) is 2.69. The molecule has 0 saturated carbocycles. The third-order valence-electron chi connectivity index (χ3n) is 3.55. The molecule has 0 fully saturated rings. The molecule has 128 valence electrons. The number of rotatable bonds is 4. The highest BCUT2D eigenvalue weighted by molar-refractivity contribution is 7.80. The van der Waals surface area contributed by atoms with E-state index in [1.807, 2.05) is 41.9 Å². The maximum absolute atomic E-state index is 13.2. The van der Waals surface area contributed by atoms with Crippen LogP contribution in [0, 0.1) is 12.7 Å². The van der Waals surface area contributed by atoms with Gasteiger partial charge in [-0.1, -0.05) is 29.8 Å². The van der Waals surface area contributed by atoms with Crippen LogP contribution in [0.1, 0.15) is 11.3 Å². The number of anilines is 2. The summed E-state index contributed by atoms with van der Waals surface area (Å²) in [5.74, 6) is 0.302. The Bertz CT molecular complexity index is 892. The van der Waals surface area contributed by atoms with Crippen molar-refractivity contribution in [3.05, 3.63) is 76.7 Å². The van der Waals surface area contributed by atoms with Gasteiger partial charge in [0.05, 0.1) is 6.54 Å². The summed E-state index contributed by atoms with van der Waals surface area (Å²) in [5.41, 5.74) is 2.67. The lowest BCUT2D eigenvalue weighted by atomic mass is 10.2. The van der Waals surface area contributed by atoms with Crippen molar-refractivity contribution in [1.82, 2.24) is 9.78 Å². The molecule has 2 N–H and O–H groups in total. The lowest BCUT2D eigenvalue weighted by Gasteiger charge is -2.08. The molecule has 0 aliphatic heterocycles. The van der Waals surface area contributed by atoms with Crippen molar-refractivity contribution in [1.29, 1.82) is 0 Å². The standard InChI is InChI=1S/C18H16ClFN4S/c1-12-9-17(22-18(25)21-16-4-2-3-15(20)10-16)23-24(12)11-13-5-7-14(19)8-6-13/h2-10H,11H2,1H3,(H2,21,22,23,25). The summed E-state index contributed by atoms with van der Waals surface area (Å²) in [4.78, 5) is 0. The van der Waals surface area contributed by atoms with Crippen LogP contribution >= 0.6 is 23.8 Å². The van der Waals surface area contributed by atoms with Crippen LogP contribution in [0.25, 0.3) is 0 Å². The van der Waals surface area contributed by atoms with Gasteiger partial charge >= 0.3 is 0 Å². The molecule has 0 aliphatic carbocycles. The number of thiocarbonyl (C=S) groups is 1. The Morgan fingerprint density at radius 3 is 2.64 bits per heavy atom. The Labute approximate surface area is 155 Å². The molecule has 2 aromatic carbocycles. The zero-order chi connectivity index (χ0) is 17.8. The van der Waals surface area contributed by atoms with Gasteiger partial charge in [0.25, 0.3) is 0 Å². The Morgan fingerprint density at radius 1 is 1.16 bits per heavy atom. The molecule has 25 heavy (non-hydrogen) atoms. The number of aryl methyl sites for hydroxylation is 1. The van der Waals surface area contributed by atoms with Gasteiger partial charge in [-0.15, -0.1) is 0 Å². The van der Waals surface area contributed by atoms with E-state index in [1.54, 1.807) is 12.1 Å². The molecule has 0 unspecified atom stereocenters. The molecule has 0 amide bonds. The van der Waals surface area contributed by atoms with E-state index in [0.717, 1.165) is 11.3 Å². The van der Waals surface area contributed by atoms with Crippen LogP contribution in [0.3, 0.4) is 0 Å². The number of benzene rings is 2. The number of hydrogen-bond donors (Lipinski definition) is 2. The van der Waals surface area contributed by atoms with Gasteiger partial charge in [0.1, 0.15) is 5.82 Å². The number of aromatic nitrogens is 2. The van der Waals surface area contributed by atoms with Crippen molar-refractivity contribution < 1.29 is 4.39 Å². The lowest BCUT2D eigenvalue weighted by molar-refractivity contribution is 0.628. The van der Waals surface area contributed by atoms with Crippen molar-refractivity contribution in [3.8, 4) is 0 Å². The Kier molecular flexibility index (Phi) is 5.31. The summed E-state index contributed by atoms with van der Waals surface area (Å²) in [6.07, 6.45) is 0. The van der Waals surface area contributed by atoms with E-state index in [0.29, 0.717) is 28.2 Å². The van der Waals surface area contributed by atoms with E-state index in [-0.39, 0.29) is 5.82 Å². The summed E-state index contributed by atoms with van der Waals surface area (Å²) in [6, 6.07) is 15.6. The third-order valence-corrected chi connectivity index (χ3v) is 4.01. The Balaban J connectivity index is 1.65. The fraction of sp³-hybridized carbons (Fsp3) is 0.111. The Morgan fingerprint density at radius 2 is 1.92 bits per heavy atom. The molecule has 3 aromatic rings. The van der Waals surface area contributed by atoms with Crippen LogP contribution < -0.4 is 10.6 Å². The van der Waals surface area contributed by atoms with Gasteiger partial charge in [-0.2, -0.15) is 5.10 Å². The molecule has 3 rings (SSSR count). The van der Waals surface area contributed by atoms with Crippen LogP contribution in [-0.2, 0) is 6.54 Å². The quantitative estimate of drug-likeness (QED) is 0.641. The van der Waals surface area contributed by atoms with E-state index >= 15 is 0 Å². The monoisotopic (exact) mass is 374 g/mol. The van der Waals surface area contributed by atoms with Crippen LogP contribution in [0.5, 0.6) is 0 Å². The molecular formula is C18H16ClFN4S. The first kappa shape index (κ1) is 17.4. The highest BCUT2D eigenvalue weighted by Crippen LogP contribution is 2.15. The van der Waals surface area contributed by atoms with Crippen molar-refractivity contribution in [3.63, 3.8) is 0 Å². The molecular weight excluding hydrogens is 359 g/mol. The zero-order valence-electron chi connectivity index (χ0n) is 13.5. The minimum atomic E-state index is -0.323. The van der Waals surface area contributed by atoms with Crippen LogP contribution in [-0.4, -0.2) is 14.9 Å². The highest BCUT2D eigenvalue weighted by atomic mass is 35.5. The smallest absolute Gasteiger partial charge is 0.176 e. The molecule has 7 heteroatoms. The lowest BCUT2D eigenvalue weighted by Crippen LogP contribution is -2.19. The van der Waals surface area contributed by atoms with Gasteiger partial charge in [0, 0.05) is 22.5 Å². The van der Waals surface area contributed by atoms with Crippen LogP contribution in [0.15, 0.2) is 54.6 Å². The molecule has 0 saturated heterocycles. The maximum Gasteiger partial charge on any atom is 0.176 e. The number of halogens is 2. The molecule has 0 atom stereocenters. The summed E-state index contributed by atoms with van der Waals surface area (Å²) < 4.78 is 15.1. The van der Waals surface area contributed by atoms with Gasteiger partial charge in [-0.3, -0.25) is 4.68 Å². The molecule has 1 heterocycles. The summed E-state index contributed by atoms with van der Waals surface area (Å²) in [5, 5.41) is 11.5. The van der Waals surface area contributed by atoms with E-state index < -0.39 is 0 Å². The minimum Gasteiger partial charge on any atom is -0.332 e. The molecule has 1 aromatic heterocycles. The predicted octanol–water partition coefficient (Wildman–Crippen LogP) is 4.84. The van der Waals surface area contributed by atoms with Gasteiger partial charge in [0.15, 0.2) is 10.9 Å². The number of nitrogens with zero attached hydrogens (tertiary/aromatic N) is 2. The summed E-state index contributed by atoms with van der Waals surface area (Å²) >= 11 is 11.2. The first-order valence-electron chi connectivity index (χ1n) is 7.62. The van der Waals surface area contributed by atoms with Crippen molar-refractivity contribution >= 4 is 40.4 Å². The first-order chi connectivity index (χ1) is 12.0. The van der Waals surface area contributed by atoms with Crippen LogP contribution in [0.4, 0.5) is 15.9 Å². The molecule has 0 aliphatic rings. The average molecular weight is 375 g/mol. The van der Waals surface area contributed by atoms with Crippen molar-refractivity contribution in [2.45, 2.75) is 13.5 Å². The Hall–Kier alpha value is -2.44. The fourth-order valence-electron chi connectivity index (χ4n) is 2.34. The molecule has 0 spiro atoms. The maximum atomic E-state index is 13.2. The van der Waals surface area contributed by atoms with E-state index in [4.69, 9.17) is 23.8 Å². The number of hydrogen-bond acceptors (Lipinski definition) is 2. The van der Waals surface area contributed by atoms with Gasteiger partial charge < -0.3 is 10.6 Å². The second-order valence-corrected chi connectivity index (χ2v) is 6.39. The van der Waals surface area contributed by atoms with E-state index in [2.05, 4.69) is 15.7 Å². The van der Waals surface area contributed by atoms with Gasteiger partial charge in [0.2, 0.25) is 0 Å². The summed E-state index contributed by atoms with van der Waals surface area (Å²) in [6.45, 7) is 2.60. The normalized spacial score (nSPS) is 10.5. The van der Waals surface area contributed by atoms with Crippen molar-refractivity contribution in [2.75, 3.05) is 10.6 Å². The third kappa shape index (κ3) is 4.78. The predicted molar refractivity (Wildman–Crippen MR) is 104 cm³/mol. The van der Waals surface area contributed by atoms with Crippen LogP contribution in [0.2, 0.25) is 5.02 Å². The summed E-state index contributed by atoms with van der Waals surface area (Å²) in [7, 11) is 0. The SMILES string of the molecule is Cc1cc(NC(=S)Nc2cccc(F)c2)nn1Cc1ccc(Cl)cc1. The molecule has 0 radical (unpaired) electrons. The second kappa shape index (κ2) is 7.63. The first-order valence-corrected chi connectivity index (χ1v) is 8.41. The topological polar surface area (TPSA) is 41.9 Å². The van der Waals surface area contributed by atoms with E-state index in [1.165, 1.54) is 12.1 Å².